The van der Waals surface area contributed by atoms with Crippen molar-refractivity contribution in [1.29, 1.82) is 0 Å². The van der Waals surface area contributed by atoms with E-state index >= 15 is 0 Å². The Bertz CT molecular complexity index is 3760. The van der Waals surface area contributed by atoms with Gasteiger partial charge in [0.25, 0.3) is 0 Å². The molecule has 0 N–H and O–H groups in total. The second-order valence-corrected chi connectivity index (χ2v) is 22.4. The van der Waals surface area contributed by atoms with E-state index in [1.54, 1.807) is 22.3 Å². The molecule has 3 fully saturated rings. The summed E-state index contributed by atoms with van der Waals surface area (Å²) in [6, 6.07) is 84.9. The van der Waals surface area contributed by atoms with Crippen LogP contribution in [0.5, 0.6) is 0 Å². The summed E-state index contributed by atoms with van der Waals surface area (Å²) in [6.07, 6.45) is 8.20. The molecule has 1 heterocycles. The quantitative estimate of drug-likeness (QED) is 0.167. The van der Waals surface area contributed by atoms with Crippen LogP contribution in [0.1, 0.15) is 90.2 Å². The first-order chi connectivity index (χ1) is 36.5. The van der Waals surface area contributed by atoms with Crippen LogP contribution in [0.15, 0.2) is 224 Å². The fraction of sp³-hybridized carbons (Fsp3) is 0.197. The van der Waals surface area contributed by atoms with Crippen LogP contribution in [0.4, 0.5) is 0 Å². The van der Waals surface area contributed by atoms with E-state index in [4.69, 9.17) is 15.0 Å². The van der Waals surface area contributed by atoms with Crippen molar-refractivity contribution in [3.05, 3.63) is 258 Å². The lowest BCUT2D eigenvalue weighted by Crippen LogP contribution is -2.66. The van der Waals surface area contributed by atoms with Crippen LogP contribution < -0.4 is 0 Å². The molecule has 0 aliphatic heterocycles. The molecule has 0 amide bonds. The second-order valence-electron chi connectivity index (χ2n) is 22.4. The Hall–Kier alpha value is -8.01. The van der Waals surface area contributed by atoms with Gasteiger partial charge in [-0.1, -0.05) is 225 Å². The Labute approximate surface area is 435 Å². The van der Waals surface area contributed by atoms with Crippen LogP contribution in [-0.4, -0.2) is 15.0 Å². The molecule has 9 aromatic carbocycles. The summed E-state index contributed by atoms with van der Waals surface area (Å²) in [7, 11) is 0. The lowest BCUT2D eigenvalue weighted by molar-refractivity contribution is -0.0728. The molecular weight excluding hydrogens is 895 g/mol. The molecule has 3 nitrogen and oxygen atoms in total. The molecule has 6 atom stereocenters. The summed E-state index contributed by atoms with van der Waals surface area (Å²) in [4.78, 5) is 15.2. The van der Waals surface area contributed by atoms with Gasteiger partial charge in [-0.25, -0.2) is 15.0 Å². The molecule has 4 bridgehead atoms. The molecule has 5 aliphatic rings. The highest BCUT2D eigenvalue weighted by molar-refractivity contribution is 5.82. The van der Waals surface area contributed by atoms with E-state index < -0.39 is 0 Å². The number of hydrogen-bond donors (Lipinski definition) is 0. The Morgan fingerprint density at radius 1 is 0.324 bits per heavy atom. The van der Waals surface area contributed by atoms with Crippen LogP contribution in [0.25, 0.3) is 78.7 Å². The van der Waals surface area contributed by atoms with E-state index in [1.165, 1.54) is 81.3 Å². The Morgan fingerprint density at radius 3 is 1.28 bits per heavy atom. The maximum Gasteiger partial charge on any atom is 0.164 e. The molecule has 3 heteroatoms. The molecule has 3 saturated carbocycles. The molecule has 2 spiro atoms. The average molecular weight is 952 g/mol. The number of nitrogens with zero attached hydrogens (tertiary/aromatic N) is 3. The maximum atomic E-state index is 5.10. The number of aryl methyl sites for hydroxylation is 1. The highest BCUT2D eigenvalue weighted by Crippen LogP contribution is 2.77. The van der Waals surface area contributed by atoms with Crippen molar-refractivity contribution in [2.45, 2.75) is 80.0 Å². The van der Waals surface area contributed by atoms with Gasteiger partial charge in [-0.15, -0.1) is 0 Å². The van der Waals surface area contributed by atoms with Crippen molar-refractivity contribution < 1.29 is 0 Å². The summed E-state index contributed by atoms with van der Waals surface area (Å²) >= 11 is 0. The number of hydrogen-bond acceptors (Lipinski definition) is 3. The zero-order valence-corrected chi connectivity index (χ0v) is 41.9. The Kier molecular flexibility index (Phi) is 9.87. The molecule has 10 aromatic rings. The minimum Gasteiger partial charge on any atom is -0.208 e. The lowest BCUT2D eigenvalue weighted by Gasteiger charge is -2.70. The third kappa shape index (κ3) is 6.48. The van der Waals surface area contributed by atoms with Gasteiger partial charge in [-0.3, -0.25) is 0 Å². The monoisotopic (exact) mass is 951 g/mol. The van der Waals surface area contributed by atoms with E-state index in [0.717, 1.165) is 36.0 Å². The third-order valence-electron chi connectivity index (χ3n) is 18.8. The largest absolute Gasteiger partial charge is 0.208 e. The lowest BCUT2D eigenvalue weighted by atomic mass is 9.33. The van der Waals surface area contributed by atoms with Gasteiger partial charge in [0.1, 0.15) is 0 Å². The predicted molar refractivity (Wildman–Crippen MR) is 302 cm³/mol. The summed E-state index contributed by atoms with van der Waals surface area (Å²) in [5, 5.41) is 0. The molecule has 6 unspecified atom stereocenters. The van der Waals surface area contributed by atoms with Crippen LogP contribution in [-0.2, 0) is 16.2 Å². The van der Waals surface area contributed by atoms with Gasteiger partial charge in [-0.05, 0) is 147 Å². The predicted octanol–water partition coefficient (Wildman–Crippen LogP) is 17.5. The molecule has 1 aromatic heterocycles. The molecule has 0 saturated heterocycles. The van der Waals surface area contributed by atoms with Crippen LogP contribution in [0.2, 0.25) is 0 Å². The minimum atomic E-state index is -0.106. The first-order valence-electron chi connectivity index (χ1n) is 27.1. The summed E-state index contributed by atoms with van der Waals surface area (Å²) < 4.78 is 0. The molecule has 356 valence electrons. The van der Waals surface area contributed by atoms with E-state index in [0.29, 0.717) is 35.2 Å². The fourth-order valence-corrected chi connectivity index (χ4v) is 16.4. The Balaban J connectivity index is 0.951. The Morgan fingerprint density at radius 2 is 0.716 bits per heavy atom. The van der Waals surface area contributed by atoms with Crippen LogP contribution >= 0.6 is 0 Å². The molecule has 74 heavy (non-hydrogen) atoms. The number of fused-ring (bicyclic) bond motifs is 10. The van der Waals surface area contributed by atoms with Crippen molar-refractivity contribution in [3.8, 4) is 78.7 Å². The van der Waals surface area contributed by atoms with Gasteiger partial charge >= 0.3 is 0 Å². The van der Waals surface area contributed by atoms with Gasteiger partial charge in [0.05, 0.1) is 0 Å². The van der Waals surface area contributed by atoms with Crippen molar-refractivity contribution >= 4 is 0 Å². The van der Waals surface area contributed by atoms with Crippen molar-refractivity contribution in [3.63, 3.8) is 0 Å². The smallest absolute Gasteiger partial charge is 0.164 e. The first kappa shape index (κ1) is 43.6. The molecule has 0 radical (unpaired) electrons. The highest BCUT2D eigenvalue weighted by atomic mass is 15.0. The minimum absolute atomic E-state index is 0.0885. The summed E-state index contributed by atoms with van der Waals surface area (Å²) in [5.74, 6) is 3.21. The average Bonchev–Trinajstić information content (AvgIpc) is 3.69. The van der Waals surface area contributed by atoms with Crippen molar-refractivity contribution in [1.82, 2.24) is 15.0 Å². The van der Waals surface area contributed by atoms with Crippen molar-refractivity contribution in [2.24, 2.45) is 5.92 Å². The second kappa shape index (κ2) is 16.8. The molecule has 15 rings (SSSR count). The van der Waals surface area contributed by atoms with Gasteiger partial charge in [0, 0.05) is 32.9 Å². The number of rotatable bonds is 6. The SMILES string of the molecule is Cc1ccccc1-c1ccccc1C12CCCC34CC(CC5(CC(C1)c1ccccc1-c1ccccc15)C23)c1ccccc1-c1ccc(-c2ccc(-c3nc(-c5ccccc5)nc(-c5ccccc5)n3)cc2)cc14. The van der Waals surface area contributed by atoms with Gasteiger partial charge in [-0.2, -0.15) is 0 Å². The maximum absolute atomic E-state index is 5.10. The normalized spacial score (nSPS) is 23.7. The van der Waals surface area contributed by atoms with Gasteiger partial charge in [0.2, 0.25) is 0 Å². The van der Waals surface area contributed by atoms with Crippen LogP contribution in [0.3, 0.4) is 0 Å². The fourth-order valence-electron chi connectivity index (χ4n) is 16.4. The number of benzene rings is 9. The van der Waals surface area contributed by atoms with E-state index in [2.05, 4.69) is 195 Å². The molecular formula is C71H57N3. The number of aromatic nitrogens is 3. The standard InChI is InChI=1S/C71H57N3/c1-46-19-8-9-24-54(46)59-29-14-16-31-62(59)69-39-18-40-70-43-53(45-71(68(69)70)44-52(42-69)55-25-10-12-27-57(55)60-30-15-17-32-63(60)71)56-26-11-13-28-58(56)61-38-37-51(41-64(61)70)47-33-35-50(36-34-47)67-73-65(48-20-4-2-5-21-48)72-66(74-67)49-22-6-3-7-23-49/h2-17,19-38,41,52-53,68H,18,39-40,42-45H2,1H3. The van der Waals surface area contributed by atoms with Gasteiger partial charge < -0.3 is 0 Å². The van der Waals surface area contributed by atoms with Crippen LogP contribution in [0, 0.1) is 12.8 Å². The zero-order chi connectivity index (χ0) is 49.0. The van der Waals surface area contributed by atoms with E-state index in [9.17, 15) is 0 Å². The van der Waals surface area contributed by atoms with E-state index in [-0.39, 0.29) is 16.2 Å². The van der Waals surface area contributed by atoms with E-state index in [1.807, 2.05) is 36.4 Å². The zero-order valence-electron chi connectivity index (χ0n) is 41.9. The topological polar surface area (TPSA) is 38.7 Å². The third-order valence-corrected chi connectivity index (χ3v) is 18.8. The highest BCUT2D eigenvalue weighted by Gasteiger charge is 2.70. The van der Waals surface area contributed by atoms with Crippen molar-refractivity contribution in [2.75, 3.05) is 0 Å². The first-order valence-corrected chi connectivity index (χ1v) is 27.1. The summed E-state index contributed by atoms with van der Waals surface area (Å²) in [6.45, 7) is 2.31. The molecule has 5 aliphatic carbocycles. The van der Waals surface area contributed by atoms with Gasteiger partial charge in [0.15, 0.2) is 17.5 Å². The summed E-state index contributed by atoms with van der Waals surface area (Å²) in [5.41, 5.74) is 22.8.